The predicted octanol–water partition coefficient (Wildman–Crippen LogP) is 5.50. The molecule has 5 rings (SSSR count). The zero-order chi connectivity index (χ0) is 21.9. The van der Waals surface area contributed by atoms with Crippen molar-refractivity contribution in [3.05, 3.63) is 77.1 Å². The molecule has 3 aromatic carbocycles. The molecule has 0 saturated carbocycles. The summed E-state index contributed by atoms with van der Waals surface area (Å²) in [6.45, 7) is 2.13. The van der Waals surface area contributed by atoms with Crippen LogP contribution >= 0.6 is 15.9 Å². The summed E-state index contributed by atoms with van der Waals surface area (Å²) in [7, 11) is 0. The van der Waals surface area contributed by atoms with Gasteiger partial charge in [0, 0.05) is 27.7 Å². The summed E-state index contributed by atoms with van der Waals surface area (Å²) in [5.74, 6) is 1.14. The lowest BCUT2D eigenvalue weighted by Crippen LogP contribution is -2.40. The second-order valence-electron chi connectivity index (χ2n) is 8.11. The van der Waals surface area contributed by atoms with Gasteiger partial charge in [-0.15, -0.1) is 0 Å². The van der Waals surface area contributed by atoms with Crippen molar-refractivity contribution in [2.75, 3.05) is 18.4 Å². The van der Waals surface area contributed by atoms with E-state index < -0.39 is 0 Å². The Morgan fingerprint density at radius 3 is 2.78 bits per heavy atom. The van der Waals surface area contributed by atoms with Crippen molar-refractivity contribution in [2.24, 2.45) is 5.92 Å². The van der Waals surface area contributed by atoms with Crippen LogP contribution in [0.3, 0.4) is 0 Å². The standard InChI is InChI=1S/C25H23BrN4O2/c26-20-12-10-18(11-13-20)24-28-23(32-29-24)16-30-14-4-7-19(15-30)25(31)27-22-9-3-6-17-5-1-2-8-21(17)22/h1-3,5-6,8-13,19H,4,7,14-16H2,(H,27,31). The van der Waals surface area contributed by atoms with Crippen LogP contribution in [0.4, 0.5) is 5.69 Å². The highest BCUT2D eigenvalue weighted by Crippen LogP contribution is 2.26. The normalized spacial score (nSPS) is 16.8. The number of aromatic nitrogens is 2. The minimum absolute atomic E-state index is 0.0622. The topological polar surface area (TPSA) is 71.3 Å². The molecule has 0 aliphatic carbocycles. The molecular formula is C25H23BrN4O2. The van der Waals surface area contributed by atoms with Gasteiger partial charge in [0.15, 0.2) is 0 Å². The Kier molecular flexibility index (Phi) is 6.01. The van der Waals surface area contributed by atoms with Crippen molar-refractivity contribution in [2.45, 2.75) is 19.4 Å². The van der Waals surface area contributed by atoms with Crippen molar-refractivity contribution in [1.29, 1.82) is 0 Å². The molecule has 2 heterocycles. The van der Waals surface area contributed by atoms with E-state index in [1.165, 1.54) is 0 Å². The van der Waals surface area contributed by atoms with Gasteiger partial charge in [0.2, 0.25) is 17.6 Å². The third-order valence-electron chi connectivity index (χ3n) is 5.85. The second-order valence-corrected chi connectivity index (χ2v) is 9.02. The third kappa shape index (κ3) is 4.59. The maximum absolute atomic E-state index is 13.0. The number of likely N-dealkylation sites (tertiary alicyclic amines) is 1. The van der Waals surface area contributed by atoms with Gasteiger partial charge in [-0.3, -0.25) is 9.69 Å². The van der Waals surface area contributed by atoms with Crippen molar-refractivity contribution < 1.29 is 9.32 Å². The van der Waals surface area contributed by atoms with Gasteiger partial charge in [-0.05, 0) is 55.1 Å². The van der Waals surface area contributed by atoms with E-state index in [9.17, 15) is 4.79 Å². The van der Waals surface area contributed by atoms with Crippen LogP contribution in [0.15, 0.2) is 75.7 Å². The number of nitrogens with zero attached hydrogens (tertiary/aromatic N) is 3. The first-order chi connectivity index (χ1) is 15.7. The van der Waals surface area contributed by atoms with Gasteiger partial charge in [-0.2, -0.15) is 4.98 Å². The number of carbonyl (C=O) groups excluding carboxylic acids is 1. The van der Waals surface area contributed by atoms with E-state index in [1.54, 1.807) is 0 Å². The van der Waals surface area contributed by atoms with Crippen LogP contribution in [0, 0.1) is 5.92 Å². The molecule has 1 atom stereocenters. The van der Waals surface area contributed by atoms with Crippen LogP contribution in [-0.2, 0) is 11.3 Å². The fourth-order valence-electron chi connectivity index (χ4n) is 4.21. The molecule has 1 amide bonds. The van der Waals surface area contributed by atoms with Crippen molar-refractivity contribution in [1.82, 2.24) is 15.0 Å². The Labute approximate surface area is 194 Å². The number of anilines is 1. The Hall–Kier alpha value is -3.03. The van der Waals surface area contributed by atoms with Gasteiger partial charge in [0.25, 0.3) is 0 Å². The summed E-state index contributed by atoms with van der Waals surface area (Å²) in [4.78, 5) is 19.8. The smallest absolute Gasteiger partial charge is 0.241 e. The highest BCUT2D eigenvalue weighted by Gasteiger charge is 2.27. The van der Waals surface area contributed by atoms with Gasteiger partial charge >= 0.3 is 0 Å². The highest BCUT2D eigenvalue weighted by molar-refractivity contribution is 9.10. The molecule has 6 nitrogen and oxygen atoms in total. The largest absolute Gasteiger partial charge is 0.338 e. The van der Waals surface area contributed by atoms with Gasteiger partial charge < -0.3 is 9.84 Å². The number of amides is 1. The first-order valence-corrected chi connectivity index (χ1v) is 11.5. The number of fused-ring (bicyclic) bond motifs is 1. The lowest BCUT2D eigenvalue weighted by molar-refractivity contribution is -0.121. The van der Waals surface area contributed by atoms with E-state index in [2.05, 4.69) is 48.4 Å². The van der Waals surface area contributed by atoms with E-state index in [0.29, 0.717) is 24.8 Å². The average molecular weight is 491 g/mol. The minimum Gasteiger partial charge on any atom is -0.338 e. The fourth-order valence-corrected chi connectivity index (χ4v) is 4.47. The number of piperidine rings is 1. The molecule has 1 saturated heterocycles. The van der Waals surface area contributed by atoms with Gasteiger partial charge in [-0.1, -0.05) is 57.5 Å². The molecule has 1 aromatic heterocycles. The molecule has 0 spiro atoms. The molecule has 1 unspecified atom stereocenters. The number of benzene rings is 3. The van der Waals surface area contributed by atoms with Crippen LogP contribution in [0.1, 0.15) is 18.7 Å². The van der Waals surface area contributed by atoms with Crippen molar-refractivity contribution >= 4 is 38.3 Å². The molecule has 1 aliphatic heterocycles. The number of hydrogen-bond donors (Lipinski definition) is 1. The summed E-state index contributed by atoms with van der Waals surface area (Å²) in [5.41, 5.74) is 1.77. The van der Waals surface area contributed by atoms with Crippen LogP contribution < -0.4 is 5.32 Å². The van der Waals surface area contributed by atoms with Crippen molar-refractivity contribution in [3.63, 3.8) is 0 Å². The van der Waals surface area contributed by atoms with Crippen LogP contribution in [0.5, 0.6) is 0 Å². The minimum atomic E-state index is -0.0726. The summed E-state index contributed by atoms with van der Waals surface area (Å²) < 4.78 is 6.48. The summed E-state index contributed by atoms with van der Waals surface area (Å²) in [6.07, 6.45) is 1.84. The summed E-state index contributed by atoms with van der Waals surface area (Å²) in [5, 5.41) is 9.44. The van der Waals surface area contributed by atoms with Gasteiger partial charge in [0.1, 0.15) is 0 Å². The molecule has 162 valence electrons. The van der Waals surface area contributed by atoms with Gasteiger partial charge in [0.05, 0.1) is 12.5 Å². The lowest BCUT2D eigenvalue weighted by Gasteiger charge is -2.31. The zero-order valence-electron chi connectivity index (χ0n) is 17.5. The van der Waals surface area contributed by atoms with Gasteiger partial charge in [-0.25, -0.2) is 0 Å². The molecule has 0 bridgehead atoms. The van der Waals surface area contributed by atoms with E-state index in [0.717, 1.165) is 45.9 Å². The number of nitrogens with one attached hydrogen (secondary N) is 1. The quantitative estimate of drug-likeness (QED) is 0.399. The Morgan fingerprint density at radius 2 is 1.91 bits per heavy atom. The highest BCUT2D eigenvalue weighted by atomic mass is 79.9. The molecule has 4 aromatic rings. The lowest BCUT2D eigenvalue weighted by atomic mass is 9.96. The molecule has 1 aliphatic rings. The Bertz CT molecular complexity index is 1230. The second kappa shape index (κ2) is 9.22. The maximum Gasteiger partial charge on any atom is 0.241 e. The first kappa shape index (κ1) is 20.8. The number of carbonyl (C=O) groups is 1. The van der Waals surface area contributed by atoms with Crippen LogP contribution in [0.25, 0.3) is 22.2 Å². The monoisotopic (exact) mass is 490 g/mol. The summed E-state index contributed by atoms with van der Waals surface area (Å²) in [6, 6.07) is 21.9. The number of rotatable bonds is 5. The van der Waals surface area contributed by atoms with E-state index in [1.807, 2.05) is 54.6 Å². The van der Waals surface area contributed by atoms with E-state index in [4.69, 9.17) is 4.52 Å². The fraction of sp³-hybridized carbons (Fsp3) is 0.240. The molecule has 1 fully saturated rings. The number of halogens is 1. The molecular weight excluding hydrogens is 468 g/mol. The SMILES string of the molecule is O=C(Nc1cccc2ccccc12)C1CCCN(Cc2nc(-c3ccc(Br)cc3)no2)C1. The van der Waals surface area contributed by atoms with Crippen LogP contribution in [0.2, 0.25) is 0 Å². The maximum atomic E-state index is 13.0. The zero-order valence-corrected chi connectivity index (χ0v) is 19.1. The Morgan fingerprint density at radius 1 is 1.09 bits per heavy atom. The van der Waals surface area contributed by atoms with E-state index >= 15 is 0 Å². The first-order valence-electron chi connectivity index (χ1n) is 10.8. The third-order valence-corrected chi connectivity index (χ3v) is 6.38. The molecule has 7 heteroatoms. The Balaban J connectivity index is 1.23. The summed E-state index contributed by atoms with van der Waals surface area (Å²) >= 11 is 3.44. The molecule has 32 heavy (non-hydrogen) atoms. The van der Waals surface area contributed by atoms with E-state index in [-0.39, 0.29) is 11.8 Å². The average Bonchev–Trinajstić information content (AvgIpc) is 3.28. The number of hydrogen-bond acceptors (Lipinski definition) is 5. The predicted molar refractivity (Wildman–Crippen MR) is 128 cm³/mol. The van der Waals surface area contributed by atoms with Crippen molar-refractivity contribution in [3.8, 4) is 11.4 Å². The van der Waals surface area contributed by atoms with Crippen LogP contribution in [-0.4, -0.2) is 34.0 Å². The molecule has 0 radical (unpaired) electrons. The molecule has 1 N–H and O–H groups in total.